The van der Waals surface area contributed by atoms with E-state index in [2.05, 4.69) is 13.5 Å². The van der Waals surface area contributed by atoms with E-state index >= 15 is 0 Å². The van der Waals surface area contributed by atoms with Crippen LogP contribution in [0.1, 0.15) is 96.8 Å². The zero-order chi connectivity index (χ0) is 25.3. The lowest BCUT2D eigenvalue weighted by Crippen LogP contribution is -2.46. The number of aliphatic hydroxyl groups is 5. The molecular formula is C25H48O8. The highest BCUT2D eigenvalue weighted by Gasteiger charge is 2.29. The van der Waals surface area contributed by atoms with Crippen molar-refractivity contribution in [3.05, 3.63) is 12.7 Å². The second-order valence-electron chi connectivity index (χ2n) is 8.32. The van der Waals surface area contributed by atoms with Crippen molar-refractivity contribution in [1.29, 1.82) is 0 Å². The van der Waals surface area contributed by atoms with Gasteiger partial charge in [-0.25, -0.2) is 0 Å². The van der Waals surface area contributed by atoms with Crippen LogP contribution in [0.3, 0.4) is 0 Å². The van der Waals surface area contributed by atoms with Gasteiger partial charge in [0, 0.05) is 6.42 Å². The molecule has 8 nitrogen and oxygen atoms in total. The van der Waals surface area contributed by atoms with Crippen LogP contribution in [0.2, 0.25) is 0 Å². The lowest BCUT2D eigenvalue weighted by Gasteiger charge is -2.22. The van der Waals surface area contributed by atoms with Crippen molar-refractivity contribution in [2.75, 3.05) is 13.2 Å². The highest BCUT2D eigenvalue weighted by Crippen LogP contribution is 2.13. The summed E-state index contributed by atoms with van der Waals surface area (Å²) < 4.78 is 4.94. The van der Waals surface area contributed by atoms with Gasteiger partial charge in [0.25, 0.3) is 0 Å². The molecule has 8 heteroatoms. The Labute approximate surface area is 199 Å². The Morgan fingerprint density at radius 3 is 1.67 bits per heavy atom. The fourth-order valence-electron chi connectivity index (χ4n) is 3.13. The molecule has 0 bridgehead atoms. The van der Waals surface area contributed by atoms with Gasteiger partial charge in [0.2, 0.25) is 0 Å². The van der Waals surface area contributed by atoms with Crippen LogP contribution in [0.4, 0.5) is 0 Å². The maximum atomic E-state index is 11.2. The molecular weight excluding hydrogens is 428 g/mol. The molecule has 0 radical (unpaired) electrons. The number of unbranched alkanes of at least 4 members (excludes halogenated alkanes) is 12. The van der Waals surface area contributed by atoms with Crippen LogP contribution in [0, 0.1) is 0 Å². The van der Waals surface area contributed by atoms with E-state index in [0.717, 1.165) is 12.8 Å². The molecule has 0 unspecified atom stereocenters. The van der Waals surface area contributed by atoms with Gasteiger partial charge in [0.05, 0.1) is 6.61 Å². The highest BCUT2D eigenvalue weighted by molar-refractivity contribution is 5.69. The first-order chi connectivity index (χ1) is 15.8. The quantitative estimate of drug-likeness (QED) is 0.0736. The Morgan fingerprint density at radius 1 is 0.818 bits per heavy atom. The first-order valence-electron chi connectivity index (χ1n) is 12.4. The minimum absolute atomic E-state index is 0.0258. The third-order valence-corrected chi connectivity index (χ3v) is 5.27. The fourth-order valence-corrected chi connectivity index (χ4v) is 3.13. The number of esters is 1. The second kappa shape index (κ2) is 25.3. The van der Waals surface area contributed by atoms with Crippen LogP contribution in [0.15, 0.2) is 12.7 Å². The number of carbonyl (C=O) groups excluding carboxylic acids is 2. The summed E-state index contributed by atoms with van der Waals surface area (Å²) in [6.45, 7) is 5.38. The first-order valence-corrected chi connectivity index (χ1v) is 12.4. The lowest BCUT2D eigenvalue weighted by atomic mass is 10.0. The molecule has 196 valence electrons. The van der Waals surface area contributed by atoms with Gasteiger partial charge in [-0.2, -0.15) is 0 Å². The number of rotatable bonds is 21. The topological polar surface area (TPSA) is 145 Å². The average molecular weight is 477 g/mol. The van der Waals surface area contributed by atoms with E-state index in [9.17, 15) is 9.59 Å². The van der Waals surface area contributed by atoms with Crippen LogP contribution in [-0.2, 0) is 14.3 Å². The van der Waals surface area contributed by atoms with Crippen molar-refractivity contribution in [1.82, 2.24) is 0 Å². The normalized spacial score (nSPS) is 14.4. The van der Waals surface area contributed by atoms with Crippen LogP contribution < -0.4 is 0 Å². The monoisotopic (exact) mass is 476 g/mol. The van der Waals surface area contributed by atoms with Gasteiger partial charge in [-0.1, -0.05) is 96.6 Å². The number of hydrogen-bond donors (Lipinski definition) is 5. The average Bonchev–Trinajstić information content (AvgIpc) is 2.83. The largest absolute Gasteiger partial charge is 0.461 e. The molecule has 0 rings (SSSR count). The van der Waals surface area contributed by atoms with Crippen molar-refractivity contribution < 1.29 is 39.9 Å². The van der Waals surface area contributed by atoms with Gasteiger partial charge in [0.1, 0.15) is 31.0 Å². The SMILES string of the molecule is C=CCOC(=O)CCCCCCCCCCCCCCC.O=C[C@H](O)[C@@H](O)[C@H](O)[C@H](O)CO. The molecule has 0 aliphatic carbocycles. The molecule has 0 aliphatic heterocycles. The Balaban J connectivity index is 0. The zero-order valence-corrected chi connectivity index (χ0v) is 20.4. The Kier molecular flexibility index (Phi) is 26.0. The summed E-state index contributed by atoms with van der Waals surface area (Å²) in [5, 5.41) is 43.5. The predicted molar refractivity (Wildman–Crippen MR) is 129 cm³/mol. The summed E-state index contributed by atoms with van der Waals surface area (Å²) in [6.07, 6.45) is 12.6. The molecule has 0 spiro atoms. The Morgan fingerprint density at radius 2 is 1.27 bits per heavy atom. The molecule has 33 heavy (non-hydrogen) atoms. The van der Waals surface area contributed by atoms with Crippen molar-refractivity contribution in [2.24, 2.45) is 0 Å². The highest BCUT2D eigenvalue weighted by atomic mass is 16.5. The van der Waals surface area contributed by atoms with E-state index < -0.39 is 31.0 Å². The summed E-state index contributed by atoms with van der Waals surface area (Å²) in [5.41, 5.74) is 0. The maximum Gasteiger partial charge on any atom is 0.306 e. The number of aldehydes is 1. The number of carbonyl (C=O) groups is 2. The van der Waals surface area contributed by atoms with Crippen LogP contribution >= 0.6 is 0 Å². The van der Waals surface area contributed by atoms with E-state index in [-0.39, 0.29) is 12.3 Å². The number of aliphatic hydroxyl groups excluding tert-OH is 5. The lowest BCUT2D eigenvalue weighted by molar-refractivity contribution is -0.142. The van der Waals surface area contributed by atoms with Crippen molar-refractivity contribution in [3.63, 3.8) is 0 Å². The van der Waals surface area contributed by atoms with Gasteiger partial charge >= 0.3 is 5.97 Å². The van der Waals surface area contributed by atoms with Crippen LogP contribution in [0.5, 0.6) is 0 Å². The van der Waals surface area contributed by atoms with Crippen molar-refractivity contribution in [3.8, 4) is 0 Å². The minimum Gasteiger partial charge on any atom is -0.461 e. The smallest absolute Gasteiger partial charge is 0.306 e. The molecule has 0 aromatic carbocycles. The van der Waals surface area contributed by atoms with Gasteiger partial charge in [0.15, 0.2) is 6.29 Å². The Hall–Kier alpha value is -1.32. The van der Waals surface area contributed by atoms with Gasteiger partial charge < -0.3 is 35.1 Å². The molecule has 4 atom stereocenters. The van der Waals surface area contributed by atoms with Gasteiger partial charge in [-0.15, -0.1) is 0 Å². The van der Waals surface area contributed by atoms with Gasteiger partial charge in [-0.05, 0) is 6.42 Å². The minimum atomic E-state index is -1.79. The van der Waals surface area contributed by atoms with Crippen LogP contribution in [-0.4, -0.2) is 75.4 Å². The zero-order valence-electron chi connectivity index (χ0n) is 20.4. The molecule has 5 N–H and O–H groups in total. The fraction of sp³-hybridized carbons (Fsp3) is 0.840. The molecule has 0 saturated carbocycles. The summed E-state index contributed by atoms with van der Waals surface area (Å²) >= 11 is 0. The molecule has 0 saturated heterocycles. The van der Waals surface area contributed by atoms with Crippen molar-refractivity contribution in [2.45, 2.75) is 121 Å². The van der Waals surface area contributed by atoms with Crippen LogP contribution in [0.25, 0.3) is 0 Å². The van der Waals surface area contributed by atoms with E-state index in [1.54, 1.807) is 6.08 Å². The van der Waals surface area contributed by atoms with E-state index in [1.165, 1.54) is 70.6 Å². The molecule has 0 aromatic heterocycles. The van der Waals surface area contributed by atoms with Crippen molar-refractivity contribution >= 4 is 12.3 Å². The van der Waals surface area contributed by atoms with E-state index in [1.807, 2.05) is 0 Å². The first kappa shape index (κ1) is 33.9. The third-order valence-electron chi connectivity index (χ3n) is 5.27. The standard InChI is InChI=1S/C19H36O2.C6H12O6/c1-3-5-6-7-8-9-10-11-12-13-14-15-16-17-19(20)21-18-4-2;7-1-3(9)5(11)6(12)4(10)2-8/h4H,2-3,5-18H2,1H3;1,3-6,8-12H,2H2/t;3-,4+,5+,6+/m.0/s1. The van der Waals surface area contributed by atoms with Gasteiger partial charge in [-0.3, -0.25) is 4.79 Å². The molecule has 0 heterocycles. The summed E-state index contributed by atoms with van der Waals surface area (Å²) in [5.74, 6) is -0.0852. The number of ether oxygens (including phenoxy) is 1. The molecule has 0 fully saturated rings. The third kappa shape index (κ3) is 22.2. The second-order valence-corrected chi connectivity index (χ2v) is 8.32. The molecule has 0 amide bonds. The summed E-state index contributed by atoms with van der Waals surface area (Å²) in [6, 6.07) is 0. The Bertz CT molecular complexity index is 458. The predicted octanol–water partition coefficient (Wildman–Crippen LogP) is 2.82. The summed E-state index contributed by atoms with van der Waals surface area (Å²) in [7, 11) is 0. The molecule has 0 aliphatic rings. The maximum absolute atomic E-state index is 11.2. The molecule has 0 aromatic rings. The summed E-state index contributed by atoms with van der Waals surface area (Å²) in [4.78, 5) is 21.1. The van der Waals surface area contributed by atoms with E-state index in [4.69, 9.17) is 30.3 Å². The number of hydrogen-bond acceptors (Lipinski definition) is 8. The van der Waals surface area contributed by atoms with E-state index in [0.29, 0.717) is 13.0 Å².